The molecule has 6 nitrogen and oxygen atoms in total. The molecule has 0 aromatic rings. The number of hydrogen-bond acceptors (Lipinski definition) is 4. The Balaban J connectivity index is 2.90. The zero-order chi connectivity index (χ0) is 14.8. The van der Waals surface area contributed by atoms with Crippen LogP contribution >= 0.6 is 0 Å². The van der Waals surface area contributed by atoms with Crippen LogP contribution in [0.4, 0.5) is 4.79 Å². The van der Waals surface area contributed by atoms with Crippen LogP contribution in [0, 0.1) is 0 Å². The average Bonchev–Trinajstić information content (AvgIpc) is 2.52. The third-order valence-corrected chi connectivity index (χ3v) is 3.63. The summed E-state index contributed by atoms with van der Waals surface area (Å²) in [4.78, 5) is 26.9. The maximum atomic E-state index is 12.2. The Hall–Kier alpha value is -1.14. The second kappa shape index (κ2) is 5.88. The molecule has 0 aliphatic carbocycles. The molecule has 0 aromatic carbocycles. The number of urea groups is 1. The minimum absolute atomic E-state index is 0.0102. The Morgan fingerprint density at radius 1 is 1.05 bits per heavy atom. The quantitative estimate of drug-likeness (QED) is 0.693. The van der Waals surface area contributed by atoms with E-state index in [1.54, 1.807) is 20.8 Å². The lowest BCUT2D eigenvalue weighted by Gasteiger charge is -2.29. The van der Waals surface area contributed by atoms with Crippen LogP contribution in [0.3, 0.4) is 0 Å². The Bertz CT molecular complexity index is 357. The van der Waals surface area contributed by atoms with Gasteiger partial charge in [0.05, 0.1) is 18.8 Å². The summed E-state index contributed by atoms with van der Waals surface area (Å²) in [6.07, 6.45) is -0.354. The molecule has 1 fully saturated rings. The van der Waals surface area contributed by atoms with Crippen LogP contribution in [0.15, 0.2) is 0 Å². The van der Waals surface area contributed by atoms with Crippen molar-refractivity contribution in [3.8, 4) is 0 Å². The van der Waals surface area contributed by atoms with E-state index in [0.29, 0.717) is 12.8 Å². The summed E-state index contributed by atoms with van der Waals surface area (Å²) in [7, 11) is 0. The van der Waals surface area contributed by atoms with Gasteiger partial charge in [-0.25, -0.2) is 4.79 Å². The van der Waals surface area contributed by atoms with Crippen LogP contribution in [0.5, 0.6) is 0 Å². The molecule has 6 heteroatoms. The van der Waals surface area contributed by atoms with Crippen molar-refractivity contribution in [3.05, 3.63) is 0 Å². The highest BCUT2D eigenvalue weighted by atomic mass is 16.3. The smallest absolute Gasteiger partial charge is 0.327 e. The molecular formula is C13H24N2O4. The number of aliphatic hydroxyl groups excluding tert-OH is 2. The number of carbonyl (C=O) groups excluding carboxylic acids is 2. The fraction of sp³-hybridized carbons (Fsp3) is 0.846. The molecule has 0 spiro atoms. The van der Waals surface area contributed by atoms with Crippen molar-refractivity contribution >= 4 is 11.9 Å². The second-order valence-corrected chi connectivity index (χ2v) is 5.49. The van der Waals surface area contributed by atoms with Gasteiger partial charge >= 0.3 is 6.03 Å². The molecule has 1 aliphatic rings. The Morgan fingerprint density at radius 2 is 1.53 bits per heavy atom. The summed E-state index contributed by atoms with van der Waals surface area (Å²) in [6.45, 7) is 7.07. The van der Waals surface area contributed by atoms with Gasteiger partial charge in [0, 0.05) is 6.54 Å². The Labute approximate surface area is 114 Å². The van der Waals surface area contributed by atoms with Gasteiger partial charge in [-0.2, -0.15) is 0 Å². The van der Waals surface area contributed by atoms with E-state index >= 15 is 0 Å². The Kier molecular flexibility index (Phi) is 4.92. The molecule has 2 unspecified atom stereocenters. The predicted molar refractivity (Wildman–Crippen MR) is 70.5 cm³/mol. The van der Waals surface area contributed by atoms with Crippen LogP contribution in [-0.2, 0) is 4.79 Å². The van der Waals surface area contributed by atoms with Crippen molar-refractivity contribution in [3.63, 3.8) is 0 Å². The van der Waals surface area contributed by atoms with Crippen LogP contribution in [0.2, 0.25) is 0 Å². The van der Waals surface area contributed by atoms with E-state index < -0.39 is 23.8 Å². The summed E-state index contributed by atoms with van der Waals surface area (Å²) >= 11 is 0. The highest BCUT2D eigenvalue weighted by Gasteiger charge is 2.51. The number of hydrogen-bond donors (Lipinski definition) is 2. The van der Waals surface area contributed by atoms with Gasteiger partial charge in [0.25, 0.3) is 5.91 Å². The molecule has 1 saturated heterocycles. The number of amides is 3. The van der Waals surface area contributed by atoms with Crippen molar-refractivity contribution < 1.29 is 19.8 Å². The highest BCUT2D eigenvalue weighted by Crippen LogP contribution is 2.28. The standard InChI is InChI=1S/C13H24N2O4/c1-5-9(16)7-14-11(18)13(3,4)15(12(14)19)8-10(17)6-2/h9-10,16-17H,5-8H2,1-4H3. The maximum absolute atomic E-state index is 12.2. The first-order chi connectivity index (χ1) is 8.75. The van der Waals surface area contributed by atoms with Crippen LogP contribution in [0.25, 0.3) is 0 Å². The van der Waals surface area contributed by atoms with Gasteiger partial charge in [-0.15, -0.1) is 0 Å². The zero-order valence-electron chi connectivity index (χ0n) is 12.1. The van der Waals surface area contributed by atoms with Gasteiger partial charge in [0.15, 0.2) is 0 Å². The van der Waals surface area contributed by atoms with Gasteiger partial charge < -0.3 is 15.1 Å². The first kappa shape index (κ1) is 15.9. The highest BCUT2D eigenvalue weighted by molar-refractivity contribution is 6.06. The van der Waals surface area contributed by atoms with E-state index in [1.165, 1.54) is 4.90 Å². The normalized spacial score (nSPS) is 22.0. The molecule has 110 valence electrons. The summed E-state index contributed by atoms with van der Waals surface area (Å²) in [5.74, 6) is -0.326. The summed E-state index contributed by atoms with van der Waals surface area (Å²) in [5.41, 5.74) is -0.972. The van der Waals surface area contributed by atoms with Gasteiger partial charge in [-0.05, 0) is 26.7 Å². The molecular weight excluding hydrogens is 248 g/mol. The van der Waals surface area contributed by atoms with Crippen LogP contribution in [-0.4, -0.2) is 62.8 Å². The van der Waals surface area contributed by atoms with Gasteiger partial charge in [0.2, 0.25) is 0 Å². The third kappa shape index (κ3) is 3.06. The minimum atomic E-state index is -0.972. The zero-order valence-corrected chi connectivity index (χ0v) is 12.1. The van der Waals surface area contributed by atoms with E-state index in [-0.39, 0.29) is 19.0 Å². The van der Waals surface area contributed by atoms with Gasteiger partial charge in [0.1, 0.15) is 5.54 Å². The predicted octanol–water partition coefficient (Wildman–Crippen LogP) is 0.571. The van der Waals surface area contributed by atoms with E-state index in [4.69, 9.17) is 0 Å². The molecule has 1 aliphatic heterocycles. The van der Waals surface area contributed by atoms with Crippen molar-refractivity contribution in [2.45, 2.75) is 58.3 Å². The topological polar surface area (TPSA) is 81.1 Å². The SMILES string of the molecule is CCC(O)CN1C(=O)N(CC(O)CC)C(C)(C)C1=O. The maximum Gasteiger partial charge on any atom is 0.327 e. The molecule has 0 bridgehead atoms. The largest absolute Gasteiger partial charge is 0.391 e. The van der Waals surface area contributed by atoms with E-state index in [2.05, 4.69) is 0 Å². The summed E-state index contributed by atoms with van der Waals surface area (Å²) < 4.78 is 0. The lowest BCUT2D eigenvalue weighted by molar-refractivity contribution is -0.133. The fourth-order valence-corrected chi connectivity index (χ4v) is 2.06. The van der Waals surface area contributed by atoms with E-state index in [1.807, 2.05) is 6.92 Å². The molecule has 19 heavy (non-hydrogen) atoms. The molecule has 0 aromatic heterocycles. The summed E-state index contributed by atoms with van der Waals surface area (Å²) in [6, 6.07) is -0.435. The number of aliphatic hydroxyl groups is 2. The van der Waals surface area contributed by atoms with Crippen molar-refractivity contribution in [2.75, 3.05) is 13.1 Å². The van der Waals surface area contributed by atoms with Crippen molar-refractivity contribution in [2.24, 2.45) is 0 Å². The molecule has 1 rings (SSSR count). The number of nitrogens with zero attached hydrogens (tertiary/aromatic N) is 2. The van der Waals surface area contributed by atoms with Crippen molar-refractivity contribution in [1.29, 1.82) is 0 Å². The number of rotatable bonds is 6. The average molecular weight is 272 g/mol. The first-order valence-corrected chi connectivity index (χ1v) is 6.75. The van der Waals surface area contributed by atoms with E-state index in [0.717, 1.165) is 4.90 Å². The minimum Gasteiger partial charge on any atom is -0.391 e. The second-order valence-electron chi connectivity index (χ2n) is 5.49. The van der Waals surface area contributed by atoms with Gasteiger partial charge in [-0.3, -0.25) is 9.69 Å². The molecule has 1 heterocycles. The number of β-amino-alcohol motifs (C(OH)–C–C–N with tert-alkyl or cyclic N) is 2. The molecule has 2 atom stereocenters. The lowest BCUT2D eigenvalue weighted by atomic mass is 10.0. The number of imide groups is 1. The van der Waals surface area contributed by atoms with Crippen LogP contribution < -0.4 is 0 Å². The summed E-state index contributed by atoms with van der Waals surface area (Å²) in [5, 5.41) is 19.3. The number of carbonyl (C=O) groups is 2. The first-order valence-electron chi connectivity index (χ1n) is 6.75. The van der Waals surface area contributed by atoms with E-state index in [9.17, 15) is 19.8 Å². The van der Waals surface area contributed by atoms with Crippen LogP contribution in [0.1, 0.15) is 40.5 Å². The lowest BCUT2D eigenvalue weighted by Crippen LogP contribution is -2.47. The fourth-order valence-electron chi connectivity index (χ4n) is 2.06. The monoisotopic (exact) mass is 272 g/mol. The van der Waals surface area contributed by atoms with Crippen molar-refractivity contribution in [1.82, 2.24) is 9.80 Å². The molecule has 2 N–H and O–H groups in total. The molecule has 0 saturated carbocycles. The molecule has 0 radical (unpaired) electrons. The Morgan fingerprint density at radius 3 is 2.00 bits per heavy atom. The van der Waals surface area contributed by atoms with Gasteiger partial charge in [-0.1, -0.05) is 13.8 Å². The third-order valence-electron chi connectivity index (χ3n) is 3.63. The molecule has 3 amide bonds.